The molecule has 9 heteroatoms. The molecule has 0 N–H and O–H groups in total. The minimum atomic E-state index is -1.00. The highest BCUT2D eigenvalue weighted by Crippen LogP contribution is 2.30. The van der Waals surface area contributed by atoms with Crippen molar-refractivity contribution in [3.8, 4) is 17.4 Å². The Morgan fingerprint density at radius 3 is 2.54 bits per heavy atom. The number of ether oxygens (including phenoxy) is 1. The molecule has 1 aromatic carbocycles. The number of amides is 1. The van der Waals surface area contributed by atoms with E-state index in [0.717, 1.165) is 0 Å². The van der Waals surface area contributed by atoms with Crippen LogP contribution in [0.1, 0.15) is 25.7 Å². The molecule has 0 bridgehead atoms. The van der Waals surface area contributed by atoms with Crippen LogP contribution in [-0.4, -0.2) is 49.6 Å². The van der Waals surface area contributed by atoms with Crippen molar-refractivity contribution in [1.29, 1.82) is 0 Å². The van der Waals surface area contributed by atoms with Crippen molar-refractivity contribution in [2.24, 2.45) is 0 Å². The highest BCUT2D eigenvalue weighted by atomic mass is 35.5. The predicted molar refractivity (Wildman–Crippen MR) is 101 cm³/mol. The van der Waals surface area contributed by atoms with Gasteiger partial charge in [-0.05, 0) is 44.2 Å². The van der Waals surface area contributed by atoms with Gasteiger partial charge in [0.2, 0.25) is 17.5 Å². The fraction of sp³-hybridized carbons (Fsp3) is 0.316. The summed E-state index contributed by atoms with van der Waals surface area (Å²) in [6.45, 7) is 4.47. The molecular weight excluding hydrogens is 382 g/mol. The maximum Gasteiger partial charge on any atom is 0.266 e. The maximum atomic E-state index is 12.8. The van der Waals surface area contributed by atoms with Crippen molar-refractivity contribution in [3.05, 3.63) is 53.6 Å². The van der Waals surface area contributed by atoms with E-state index in [4.69, 9.17) is 20.9 Å². The van der Waals surface area contributed by atoms with Gasteiger partial charge in [-0.15, -0.1) is 0 Å². The van der Waals surface area contributed by atoms with Gasteiger partial charge in [0, 0.05) is 30.5 Å². The summed E-state index contributed by atoms with van der Waals surface area (Å²) in [5.74, 6) is 1.69. The first-order valence-electron chi connectivity index (χ1n) is 8.77. The van der Waals surface area contributed by atoms with Gasteiger partial charge in [0.25, 0.3) is 5.91 Å². The highest BCUT2D eigenvalue weighted by Gasteiger charge is 2.42. The van der Waals surface area contributed by atoms with E-state index in [2.05, 4.69) is 20.1 Å². The summed E-state index contributed by atoms with van der Waals surface area (Å²) in [4.78, 5) is 27.1. The van der Waals surface area contributed by atoms with Gasteiger partial charge in [0.1, 0.15) is 5.75 Å². The third-order valence-electron chi connectivity index (χ3n) is 4.43. The molecule has 144 valence electrons. The Kier molecular flexibility index (Phi) is 4.72. The lowest BCUT2D eigenvalue weighted by atomic mass is 9.96. The Bertz CT molecular complexity index is 969. The molecule has 0 radical (unpaired) electrons. The summed E-state index contributed by atoms with van der Waals surface area (Å²) in [6.07, 6.45) is 3.23. The lowest BCUT2D eigenvalue weighted by Crippen LogP contribution is -2.57. The number of aromatic nitrogens is 4. The van der Waals surface area contributed by atoms with Gasteiger partial charge >= 0.3 is 0 Å². The van der Waals surface area contributed by atoms with Crippen LogP contribution in [0, 0.1) is 0 Å². The molecule has 0 saturated carbocycles. The zero-order chi connectivity index (χ0) is 19.7. The van der Waals surface area contributed by atoms with Crippen molar-refractivity contribution in [1.82, 2.24) is 25.0 Å². The molecule has 1 aliphatic rings. The van der Waals surface area contributed by atoms with Gasteiger partial charge in [-0.2, -0.15) is 4.98 Å². The second-order valence-corrected chi connectivity index (χ2v) is 7.44. The van der Waals surface area contributed by atoms with Crippen LogP contribution in [-0.2, 0) is 4.79 Å². The quantitative estimate of drug-likeness (QED) is 0.650. The molecule has 0 spiro atoms. The van der Waals surface area contributed by atoms with Crippen LogP contribution < -0.4 is 4.74 Å². The molecule has 1 fully saturated rings. The van der Waals surface area contributed by atoms with Crippen molar-refractivity contribution >= 4 is 17.5 Å². The van der Waals surface area contributed by atoms with Crippen molar-refractivity contribution in [3.63, 3.8) is 0 Å². The second kappa shape index (κ2) is 7.20. The first-order chi connectivity index (χ1) is 13.4. The van der Waals surface area contributed by atoms with E-state index in [-0.39, 0.29) is 11.8 Å². The molecule has 1 aliphatic heterocycles. The Morgan fingerprint density at radius 2 is 1.86 bits per heavy atom. The lowest BCUT2D eigenvalue weighted by molar-refractivity contribution is -0.150. The van der Waals surface area contributed by atoms with E-state index in [1.807, 2.05) is 0 Å². The SMILES string of the molecule is CC(C)(Oc1ccc(Cl)cc1)C(=O)N1CC(c2nc(-c3ncccn3)no2)C1. The van der Waals surface area contributed by atoms with Crippen LogP contribution in [0.3, 0.4) is 0 Å². The van der Waals surface area contributed by atoms with E-state index in [9.17, 15) is 4.79 Å². The van der Waals surface area contributed by atoms with Gasteiger partial charge in [0.15, 0.2) is 5.60 Å². The van der Waals surface area contributed by atoms with E-state index in [1.54, 1.807) is 61.5 Å². The smallest absolute Gasteiger partial charge is 0.266 e. The largest absolute Gasteiger partial charge is 0.478 e. The first kappa shape index (κ1) is 18.4. The topological polar surface area (TPSA) is 94.2 Å². The van der Waals surface area contributed by atoms with Gasteiger partial charge in [0.05, 0.1) is 5.92 Å². The molecule has 0 aliphatic carbocycles. The summed E-state index contributed by atoms with van der Waals surface area (Å²) in [5, 5.41) is 4.53. The summed E-state index contributed by atoms with van der Waals surface area (Å²) < 4.78 is 11.2. The zero-order valence-corrected chi connectivity index (χ0v) is 16.1. The molecule has 4 rings (SSSR count). The monoisotopic (exact) mass is 399 g/mol. The van der Waals surface area contributed by atoms with E-state index in [1.165, 1.54) is 0 Å². The number of carbonyl (C=O) groups is 1. The fourth-order valence-corrected chi connectivity index (χ4v) is 3.05. The molecule has 2 aromatic heterocycles. The Labute approximate surface area is 166 Å². The molecular formula is C19H18ClN5O3. The third-order valence-corrected chi connectivity index (χ3v) is 4.68. The minimum absolute atomic E-state index is 0.0137. The molecule has 28 heavy (non-hydrogen) atoms. The first-order valence-corrected chi connectivity index (χ1v) is 9.15. The number of hydrogen-bond acceptors (Lipinski definition) is 7. The standard InChI is InChI=1S/C19H18ClN5O3/c1-19(2,27-14-6-4-13(20)5-7-14)18(26)25-10-12(11-25)17-23-16(24-28-17)15-21-8-3-9-22-15/h3-9,12H,10-11H2,1-2H3. The van der Waals surface area contributed by atoms with Crippen molar-refractivity contribution in [2.45, 2.75) is 25.4 Å². The van der Waals surface area contributed by atoms with Gasteiger partial charge < -0.3 is 14.2 Å². The summed E-state index contributed by atoms with van der Waals surface area (Å²) >= 11 is 5.88. The summed E-state index contributed by atoms with van der Waals surface area (Å²) in [6, 6.07) is 8.64. The predicted octanol–water partition coefficient (Wildman–Crippen LogP) is 2.96. The second-order valence-electron chi connectivity index (χ2n) is 7.00. The van der Waals surface area contributed by atoms with Crippen molar-refractivity contribution in [2.75, 3.05) is 13.1 Å². The fourth-order valence-electron chi connectivity index (χ4n) is 2.93. The van der Waals surface area contributed by atoms with E-state index >= 15 is 0 Å². The molecule has 3 heterocycles. The highest BCUT2D eigenvalue weighted by molar-refractivity contribution is 6.30. The van der Waals surface area contributed by atoms with Gasteiger partial charge in [-0.3, -0.25) is 4.79 Å². The maximum absolute atomic E-state index is 12.8. The number of hydrogen-bond donors (Lipinski definition) is 0. The van der Waals surface area contributed by atoms with Crippen LogP contribution in [0.2, 0.25) is 5.02 Å². The van der Waals surface area contributed by atoms with Crippen LogP contribution in [0.4, 0.5) is 0 Å². The molecule has 0 atom stereocenters. The number of rotatable bonds is 5. The van der Waals surface area contributed by atoms with Gasteiger partial charge in [-0.1, -0.05) is 16.8 Å². The number of carbonyl (C=O) groups excluding carboxylic acids is 1. The zero-order valence-electron chi connectivity index (χ0n) is 15.4. The normalized spacial score (nSPS) is 14.6. The van der Waals surface area contributed by atoms with Gasteiger partial charge in [-0.25, -0.2) is 9.97 Å². The molecule has 8 nitrogen and oxygen atoms in total. The number of benzene rings is 1. The van der Waals surface area contributed by atoms with Crippen LogP contribution in [0.15, 0.2) is 47.2 Å². The number of likely N-dealkylation sites (tertiary alicyclic amines) is 1. The van der Waals surface area contributed by atoms with Crippen LogP contribution in [0.5, 0.6) is 5.75 Å². The minimum Gasteiger partial charge on any atom is -0.478 e. The van der Waals surface area contributed by atoms with E-state index in [0.29, 0.717) is 41.4 Å². The van der Waals surface area contributed by atoms with Crippen LogP contribution >= 0.6 is 11.6 Å². The van der Waals surface area contributed by atoms with Crippen molar-refractivity contribution < 1.29 is 14.1 Å². The Morgan fingerprint density at radius 1 is 1.18 bits per heavy atom. The average Bonchev–Trinajstić information content (AvgIpc) is 3.12. The molecule has 0 unspecified atom stereocenters. The van der Waals surface area contributed by atoms with Crippen LogP contribution in [0.25, 0.3) is 11.6 Å². The Balaban J connectivity index is 1.37. The van der Waals surface area contributed by atoms with E-state index < -0.39 is 5.60 Å². The lowest BCUT2D eigenvalue weighted by Gasteiger charge is -2.41. The number of nitrogens with zero attached hydrogens (tertiary/aromatic N) is 5. The summed E-state index contributed by atoms with van der Waals surface area (Å²) in [5.41, 5.74) is -1.00. The molecule has 3 aromatic rings. The number of halogens is 1. The molecule has 1 saturated heterocycles. The Hall–Kier alpha value is -3.00. The average molecular weight is 400 g/mol. The molecule has 1 amide bonds. The summed E-state index contributed by atoms with van der Waals surface area (Å²) in [7, 11) is 0. The third kappa shape index (κ3) is 3.68.